The van der Waals surface area contributed by atoms with Crippen molar-refractivity contribution in [2.75, 3.05) is 26.2 Å². The number of thiocarbonyl (C=S) groups is 1. The minimum absolute atomic E-state index is 0.794. The van der Waals surface area contributed by atoms with Crippen LogP contribution < -0.4 is 10.2 Å². The van der Waals surface area contributed by atoms with Crippen LogP contribution in [0.4, 0.5) is 0 Å². The monoisotopic (exact) mass is 390 g/mol. The molecule has 1 fully saturated rings. The number of fused-ring (bicyclic) bond motifs is 1. The summed E-state index contributed by atoms with van der Waals surface area (Å²) in [5.74, 6) is 0. The molecule has 1 heterocycles. The topological polar surface area (TPSA) is 19.7 Å². The van der Waals surface area contributed by atoms with E-state index < -0.39 is 0 Å². The largest absolute Gasteiger partial charge is 0.358 e. The molecule has 4 heteroatoms. The quantitative estimate of drug-likeness (QED) is 0.669. The Morgan fingerprint density at radius 1 is 0.964 bits per heavy atom. The van der Waals surface area contributed by atoms with Crippen LogP contribution in [0.3, 0.4) is 0 Å². The van der Waals surface area contributed by atoms with Crippen molar-refractivity contribution >= 4 is 28.1 Å². The maximum absolute atomic E-state index is 5.64. The Labute approximate surface area is 173 Å². The maximum atomic E-state index is 5.64. The molecular formula is C24H28N3S+. The van der Waals surface area contributed by atoms with E-state index in [1.54, 1.807) is 4.90 Å². The van der Waals surface area contributed by atoms with E-state index in [0.717, 1.165) is 44.4 Å². The summed E-state index contributed by atoms with van der Waals surface area (Å²) in [7, 11) is 0. The molecule has 3 nitrogen and oxygen atoms in total. The molecule has 1 saturated heterocycles. The summed E-state index contributed by atoms with van der Waals surface area (Å²) in [5, 5.41) is 7.02. The number of piperazine rings is 1. The minimum atomic E-state index is 0.794. The summed E-state index contributed by atoms with van der Waals surface area (Å²) in [4.78, 5) is 3.95. The van der Waals surface area contributed by atoms with Crippen molar-refractivity contribution in [2.24, 2.45) is 0 Å². The lowest BCUT2D eigenvalue weighted by Gasteiger charge is -2.34. The zero-order valence-electron chi connectivity index (χ0n) is 16.4. The number of rotatable bonds is 4. The summed E-state index contributed by atoms with van der Waals surface area (Å²) in [5.41, 5.74) is 4.01. The smallest absolute Gasteiger partial charge is 0.169 e. The van der Waals surface area contributed by atoms with Crippen molar-refractivity contribution in [3.63, 3.8) is 0 Å². The molecule has 3 aromatic rings. The Bertz CT molecular complexity index is 938. The van der Waals surface area contributed by atoms with E-state index in [4.69, 9.17) is 12.2 Å². The van der Waals surface area contributed by atoms with Gasteiger partial charge in [-0.25, -0.2) is 0 Å². The molecule has 0 amide bonds. The van der Waals surface area contributed by atoms with Gasteiger partial charge < -0.3 is 15.1 Å². The average Bonchev–Trinajstić information content (AvgIpc) is 2.74. The first kappa shape index (κ1) is 18.9. The van der Waals surface area contributed by atoms with E-state index in [2.05, 4.69) is 83.9 Å². The van der Waals surface area contributed by atoms with Gasteiger partial charge in [0, 0.05) is 12.1 Å². The van der Waals surface area contributed by atoms with Gasteiger partial charge >= 0.3 is 0 Å². The summed E-state index contributed by atoms with van der Waals surface area (Å²) < 4.78 is 0. The number of benzene rings is 3. The highest BCUT2D eigenvalue weighted by Crippen LogP contribution is 2.17. The van der Waals surface area contributed by atoms with Gasteiger partial charge in [0.05, 0.1) is 26.2 Å². The molecule has 144 valence electrons. The van der Waals surface area contributed by atoms with Crippen molar-refractivity contribution in [2.45, 2.75) is 20.0 Å². The number of nitrogens with one attached hydrogen (secondary N) is 2. The molecule has 0 aliphatic carbocycles. The minimum Gasteiger partial charge on any atom is -0.358 e. The first-order valence-corrected chi connectivity index (χ1v) is 10.5. The van der Waals surface area contributed by atoms with Crippen LogP contribution in [0.1, 0.15) is 16.7 Å². The third-order valence-corrected chi connectivity index (χ3v) is 6.05. The summed E-state index contributed by atoms with van der Waals surface area (Å²) in [6.07, 6.45) is 0. The number of hydrogen-bond acceptors (Lipinski definition) is 1. The van der Waals surface area contributed by atoms with E-state index in [-0.39, 0.29) is 0 Å². The van der Waals surface area contributed by atoms with Crippen LogP contribution in [0.15, 0.2) is 66.7 Å². The van der Waals surface area contributed by atoms with E-state index in [9.17, 15) is 0 Å². The second-order valence-electron chi connectivity index (χ2n) is 7.70. The van der Waals surface area contributed by atoms with Gasteiger partial charge in [-0.3, -0.25) is 0 Å². The lowest BCUT2D eigenvalue weighted by molar-refractivity contribution is -0.917. The van der Waals surface area contributed by atoms with Crippen LogP contribution in [-0.4, -0.2) is 36.2 Å². The fourth-order valence-corrected chi connectivity index (χ4v) is 4.17. The number of aryl methyl sites for hydroxylation is 1. The van der Waals surface area contributed by atoms with E-state index in [1.807, 2.05) is 0 Å². The molecular weight excluding hydrogens is 362 g/mol. The molecule has 28 heavy (non-hydrogen) atoms. The van der Waals surface area contributed by atoms with Crippen LogP contribution in [0.5, 0.6) is 0 Å². The van der Waals surface area contributed by atoms with Crippen molar-refractivity contribution in [1.82, 2.24) is 10.2 Å². The standard InChI is InChI=1S/C24H27N3S/c1-19-9-11-20(12-10-19)17-25-24(28)27-15-13-26(14-16-27)18-22-7-4-6-21-5-2-3-8-23(21)22/h2-12H,13-18H2,1H3,(H,25,28)/p+1. The molecule has 4 rings (SSSR count). The van der Waals surface area contributed by atoms with E-state index >= 15 is 0 Å². The van der Waals surface area contributed by atoms with Crippen molar-refractivity contribution in [3.8, 4) is 0 Å². The molecule has 0 atom stereocenters. The molecule has 1 aliphatic rings. The van der Waals surface area contributed by atoms with Crippen LogP contribution in [0.25, 0.3) is 10.8 Å². The molecule has 0 saturated carbocycles. The SMILES string of the molecule is Cc1ccc(CNC(=S)N2CC[NH+](Cc3cccc4ccccc34)CC2)cc1. The van der Waals surface area contributed by atoms with Gasteiger partial charge in [0.1, 0.15) is 6.54 Å². The zero-order chi connectivity index (χ0) is 19.3. The second-order valence-corrected chi connectivity index (χ2v) is 8.08. The van der Waals surface area contributed by atoms with Gasteiger partial charge in [-0.15, -0.1) is 0 Å². The zero-order valence-corrected chi connectivity index (χ0v) is 17.3. The molecule has 2 N–H and O–H groups in total. The van der Waals surface area contributed by atoms with Crippen molar-refractivity contribution < 1.29 is 4.90 Å². The summed E-state index contributed by atoms with van der Waals surface area (Å²) >= 11 is 5.64. The highest BCUT2D eigenvalue weighted by atomic mass is 32.1. The third kappa shape index (κ3) is 4.51. The molecule has 0 unspecified atom stereocenters. The van der Waals surface area contributed by atoms with Crippen LogP contribution in [0.2, 0.25) is 0 Å². The van der Waals surface area contributed by atoms with E-state index in [1.165, 1.54) is 27.5 Å². The lowest BCUT2D eigenvalue weighted by Crippen LogP contribution is -3.13. The Balaban J connectivity index is 1.29. The van der Waals surface area contributed by atoms with Crippen molar-refractivity contribution in [1.29, 1.82) is 0 Å². The fourth-order valence-electron chi connectivity index (χ4n) is 3.91. The normalized spacial score (nSPS) is 15.0. The summed E-state index contributed by atoms with van der Waals surface area (Å²) in [6.45, 7) is 8.26. The number of nitrogens with zero attached hydrogens (tertiary/aromatic N) is 1. The molecule has 0 aromatic heterocycles. The number of quaternary nitrogens is 1. The van der Waals surface area contributed by atoms with Crippen LogP contribution in [0, 0.1) is 6.92 Å². The van der Waals surface area contributed by atoms with Gasteiger partial charge in [-0.05, 0) is 35.5 Å². The third-order valence-electron chi connectivity index (χ3n) is 5.64. The lowest BCUT2D eigenvalue weighted by atomic mass is 10.0. The highest BCUT2D eigenvalue weighted by Gasteiger charge is 2.22. The molecule has 0 bridgehead atoms. The second kappa shape index (κ2) is 8.72. The molecule has 0 spiro atoms. The molecule has 0 radical (unpaired) electrons. The Kier molecular flexibility index (Phi) is 5.89. The van der Waals surface area contributed by atoms with Gasteiger partial charge in [0.2, 0.25) is 0 Å². The predicted octanol–water partition coefficient (Wildman–Crippen LogP) is 2.92. The first-order valence-electron chi connectivity index (χ1n) is 10.1. The molecule has 3 aromatic carbocycles. The van der Waals surface area contributed by atoms with Crippen LogP contribution >= 0.6 is 12.2 Å². The highest BCUT2D eigenvalue weighted by molar-refractivity contribution is 7.80. The maximum Gasteiger partial charge on any atom is 0.169 e. The van der Waals surface area contributed by atoms with E-state index in [0.29, 0.717) is 0 Å². The van der Waals surface area contributed by atoms with Gasteiger partial charge in [0.25, 0.3) is 0 Å². The average molecular weight is 391 g/mol. The predicted molar refractivity (Wildman–Crippen MR) is 121 cm³/mol. The van der Waals surface area contributed by atoms with Crippen LogP contribution in [-0.2, 0) is 13.1 Å². The Morgan fingerprint density at radius 2 is 1.68 bits per heavy atom. The van der Waals surface area contributed by atoms with Gasteiger partial charge in [0.15, 0.2) is 5.11 Å². The van der Waals surface area contributed by atoms with Gasteiger partial charge in [-0.2, -0.15) is 0 Å². The fraction of sp³-hybridized carbons (Fsp3) is 0.292. The van der Waals surface area contributed by atoms with Gasteiger partial charge in [-0.1, -0.05) is 72.3 Å². The summed E-state index contributed by atoms with van der Waals surface area (Å²) in [6, 6.07) is 24.0. The first-order chi connectivity index (χ1) is 13.7. The number of hydrogen-bond donors (Lipinski definition) is 2. The Morgan fingerprint density at radius 3 is 2.46 bits per heavy atom. The van der Waals surface area contributed by atoms with Crippen molar-refractivity contribution in [3.05, 3.63) is 83.4 Å². The molecule has 1 aliphatic heterocycles. The Hall–Kier alpha value is -2.43.